The first-order chi connectivity index (χ1) is 9.81. The van der Waals surface area contributed by atoms with Crippen molar-refractivity contribution < 1.29 is 9.53 Å². The van der Waals surface area contributed by atoms with Crippen molar-refractivity contribution >= 4 is 17.2 Å². The highest BCUT2D eigenvalue weighted by molar-refractivity contribution is 5.98. The van der Waals surface area contributed by atoms with E-state index in [4.69, 9.17) is 4.74 Å². The summed E-state index contributed by atoms with van der Waals surface area (Å²) < 4.78 is 5.11. The van der Waals surface area contributed by atoms with Gasteiger partial charge in [0.1, 0.15) is 0 Å². The molecule has 3 rings (SSSR count). The van der Waals surface area contributed by atoms with Crippen LogP contribution < -0.4 is 4.74 Å². The Hall–Kier alpha value is -2.68. The van der Waals surface area contributed by atoms with Crippen molar-refractivity contribution in [2.75, 3.05) is 7.11 Å². The van der Waals surface area contributed by atoms with Crippen molar-refractivity contribution in [3.05, 3.63) is 60.2 Å². The zero-order chi connectivity index (χ0) is 13.9. The molecule has 0 aliphatic heterocycles. The molecule has 0 amide bonds. The lowest BCUT2D eigenvalue weighted by atomic mass is 10.00. The number of aromatic nitrogens is 1. The Balaban J connectivity index is 2.25. The maximum Gasteiger partial charge on any atom is 0.213 e. The fourth-order valence-corrected chi connectivity index (χ4v) is 2.25. The van der Waals surface area contributed by atoms with Gasteiger partial charge < -0.3 is 4.74 Å². The average molecular weight is 263 g/mol. The lowest BCUT2D eigenvalue weighted by molar-refractivity contribution is 0.112. The summed E-state index contributed by atoms with van der Waals surface area (Å²) in [6, 6.07) is 17.6. The van der Waals surface area contributed by atoms with Crippen LogP contribution in [0.25, 0.3) is 22.0 Å². The first-order valence-electron chi connectivity index (χ1n) is 6.31. The minimum atomic E-state index is 0.507. The van der Waals surface area contributed by atoms with Crippen LogP contribution in [0.5, 0.6) is 5.88 Å². The van der Waals surface area contributed by atoms with E-state index in [2.05, 4.69) is 4.98 Å². The molecule has 0 radical (unpaired) electrons. The van der Waals surface area contributed by atoms with Crippen LogP contribution in [0.15, 0.2) is 54.6 Å². The van der Waals surface area contributed by atoms with E-state index in [1.54, 1.807) is 13.2 Å². The van der Waals surface area contributed by atoms with Gasteiger partial charge in [0.15, 0.2) is 6.29 Å². The Labute approximate surface area is 116 Å². The lowest BCUT2D eigenvalue weighted by Crippen LogP contribution is -1.93. The second-order valence-electron chi connectivity index (χ2n) is 4.47. The van der Waals surface area contributed by atoms with E-state index in [1.165, 1.54) is 0 Å². The SMILES string of the molecule is COc1ccc2cc(-c3ccccc3)cc(C=O)c2n1. The molecule has 0 N–H and O–H groups in total. The zero-order valence-electron chi connectivity index (χ0n) is 11.0. The van der Waals surface area contributed by atoms with Gasteiger partial charge in [-0.15, -0.1) is 0 Å². The second-order valence-corrected chi connectivity index (χ2v) is 4.47. The van der Waals surface area contributed by atoms with Crippen LogP contribution in [0.3, 0.4) is 0 Å². The molecule has 0 spiro atoms. The number of rotatable bonds is 3. The summed E-state index contributed by atoms with van der Waals surface area (Å²) in [5.41, 5.74) is 3.32. The van der Waals surface area contributed by atoms with Gasteiger partial charge in [-0.05, 0) is 29.3 Å². The van der Waals surface area contributed by atoms with Crippen LogP contribution in [0.4, 0.5) is 0 Å². The summed E-state index contributed by atoms with van der Waals surface area (Å²) in [6.45, 7) is 0. The molecule has 20 heavy (non-hydrogen) atoms. The molecule has 0 unspecified atom stereocenters. The standard InChI is InChI=1S/C17H13NO2/c1-20-16-8-7-13-9-14(12-5-3-2-4-6-12)10-15(11-19)17(13)18-16/h2-11H,1H3. The number of nitrogens with zero attached hydrogens (tertiary/aromatic N) is 1. The van der Waals surface area contributed by atoms with Crippen molar-refractivity contribution in [1.29, 1.82) is 0 Å². The Morgan fingerprint density at radius 1 is 1.00 bits per heavy atom. The number of hydrogen-bond donors (Lipinski definition) is 0. The molecule has 3 nitrogen and oxygen atoms in total. The summed E-state index contributed by atoms with van der Waals surface area (Å²) >= 11 is 0. The molecule has 3 aromatic rings. The molecule has 0 saturated carbocycles. The minimum Gasteiger partial charge on any atom is -0.481 e. The van der Waals surface area contributed by atoms with Crippen LogP contribution in [0.2, 0.25) is 0 Å². The number of ether oxygens (including phenoxy) is 1. The highest BCUT2D eigenvalue weighted by Gasteiger charge is 2.07. The van der Waals surface area contributed by atoms with Gasteiger partial charge >= 0.3 is 0 Å². The van der Waals surface area contributed by atoms with Crippen LogP contribution in [-0.2, 0) is 0 Å². The van der Waals surface area contributed by atoms with Crippen LogP contribution in [0.1, 0.15) is 10.4 Å². The Morgan fingerprint density at radius 2 is 1.80 bits per heavy atom. The van der Waals surface area contributed by atoms with Gasteiger partial charge in [-0.1, -0.05) is 30.3 Å². The molecule has 0 saturated heterocycles. The fraction of sp³-hybridized carbons (Fsp3) is 0.0588. The van der Waals surface area contributed by atoms with E-state index >= 15 is 0 Å². The Morgan fingerprint density at radius 3 is 2.50 bits per heavy atom. The molecule has 1 aromatic heterocycles. The number of fused-ring (bicyclic) bond motifs is 1. The molecule has 0 aliphatic rings. The third kappa shape index (κ3) is 2.14. The van der Waals surface area contributed by atoms with Gasteiger partial charge in [0.05, 0.1) is 12.6 Å². The van der Waals surface area contributed by atoms with E-state index in [9.17, 15) is 4.79 Å². The van der Waals surface area contributed by atoms with Gasteiger partial charge in [0.25, 0.3) is 0 Å². The normalized spacial score (nSPS) is 10.4. The van der Waals surface area contributed by atoms with Crippen LogP contribution in [-0.4, -0.2) is 18.4 Å². The number of carbonyl (C=O) groups excluding carboxylic acids is 1. The first kappa shape index (κ1) is 12.4. The van der Waals surface area contributed by atoms with E-state index in [-0.39, 0.29) is 0 Å². The van der Waals surface area contributed by atoms with Crippen LogP contribution >= 0.6 is 0 Å². The molecule has 2 aromatic carbocycles. The average Bonchev–Trinajstić information content (AvgIpc) is 2.54. The Kier molecular flexibility index (Phi) is 3.17. The van der Waals surface area contributed by atoms with Gasteiger partial charge in [0, 0.05) is 17.0 Å². The van der Waals surface area contributed by atoms with Crippen LogP contribution in [0, 0.1) is 0 Å². The van der Waals surface area contributed by atoms with Crippen molar-refractivity contribution in [2.24, 2.45) is 0 Å². The minimum absolute atomic E-state index is 0.507. The largest absolute Gasteiger partial charge is 0.481 e. The molecule has 0 bridgehead atoms. The molecule has 3 heteroatoms. The topological polar surface area (TPSA) is 39.2 Å². The van der Waals surface area contributed by atoms with E-state index < -0.39 is 0 Å². The summed E-state index contributed by atoms with van der Waals surface area (Å²) in [5, 5.41) is 0.925. The number of benzene rings is 2. The number of methoxy groups -OCH3 is 1. The maximum absolute atomic E-state index is 11.3. The number of pyridine rings is 1. The summed E-state index contributed by atoms with van der Waals surface area (Å²) in [4.78, 5) is 15.7. The van der Waals surface area contributed by atoms with Gasteiger partial charge in [-0.2, -0.15) is 0 Å². The first-order valence-corrected chi connectivity index (χ1v) is 6.31. The van der Waals surface area contributed by atoms with Crippen molar-refractivity contribution in [2.45, 2.75) is 0 Å². The quantitative estimate of drug-likeness (QED) is 0.676. The molecule has 0 atom stereocenters. The number of carbonyl (C=O) groups is 1. The van der Waals surface area contributed by atoms with E-state index in [1.807, 2.05) is 48.5 Å². The number of aldehydes is 1. The van der Waals surface area contributed by atoms with Crippen molar-refractivity contribution in [3.63, 3.8) is 0 Å². The molecule has 1 heterocycles. The van der Waals surface area contributed by atoms with Gasteiger partial charge in [-0.3, -0.25) is 4.79 Å². The summed E-state index contributed by atoms with van der Waals surface area (Å²) in [7, 11) is 1.56. The highest BCUT2D eigenvalue weighted by Crippen LogP contribution is 2.27. The third-order valence-corrected chi connectivity index (χ3v) is 3.24. The molecular formula is C17H13NO2. The number of hydrogen-bond acceptors (Lipinski definition) is 3. The van der Waals surface area contributed by atoms with Gasteiger partial charge in [0.2, 0.25) is 5.88 Å². The fourth-order valence-electron chi connectivity index (χ4n) is 2.25. The molecular weight excluding hydrogens is 250 g/mol. The predicted octanol–water partition coefficient (Wildman–Crippen LogP) is 3.72. The summed E-state index contributed by atoms with van der Waals surface area (Å²) in [5.74, 6) is 0.507. The predicted molar refractivity (Wildman–Crippen MR) is 79.1 cm³/mol. The highest BCUT2D eigenvalue weighted by atomic mass is 16.5. The maximum atomic E-state index is 11.3. The smallest absolute Gasteiger partial charge is 0.213 e. The molecule has 98 valence electrons. The summed E-state index contributed by atoms with van der Waals surface area (Å²) in [6.07, 6.45) is 0.835. The monoisotopic (exact) mass is 263 g/mol. The van der Waals surface area contributed by atoms with E-state index in [0.29, 0.717) is 17.0 Å². The third-order valence-electron chi connectivity index (χ3n) is 3.24. The lowest BCUT2D eigenvalue weighted by Gasteiger charge is -2.07. The Bertz CT molecular complexity index is 767. The van der Waals surface area contributed by atoms with Gasteiger partial charge in [-0.25, -0.2) is 4.98 Å². The van der Waals surface area contributed by atoms with E-state index in [0.717, 1.165) is 22.8 Å². The molecule has 0 aliphatic carbocycles. The zero-order valence-corrected chi connectivity index (χ0v) is 11.0. The second kappa shape index (κ2) is 5.13. The van der Waals surface area contributed by atoms with Crippen molar-refractivity contribution in [1.82, 2.24) is 4.98 Å². The van der Waals surface area contributed by atoms with Crippen molar-refractivity contribution in [3.8, 4) is 17.0 Å². The molecule has 0 fully saturated rings.